The van der Waals surface area contributed by atoms with E-state index in [-0.39, 0.29) is 20.1 Å². The van der Waals surface area contributed by atoms with E-state index in [4.69, 9.17) is 15.0 Å². The third kappa shape index (κ3) is 10.6. The molecule has 5 nitrogen and oxygen atoms in total. The molecule has 0 saturated heterocycles. The van der Waals surface area contributed by atoms with E-state index < -0.39 is 0 Å². The van der Waals surface area contributed by atoms with Gasteiger partial charge < -0.3 is 15.0 Å². The molecule has 0 fully saturated rings. The van der Waals surface area contributed by atoms with E-state index in [2.05, 4.69) is 170 Å². The normalized spacial score (nSPS) is 10.8. The smallest absolute Gasteiger partial charge is 0.305 e. The third-order valence-electron chi connectivity index (χ3n) is 15.0. The molecule has 13 rings (SSSR count). The van der Waals surface area contributed by atoms with Crippen molar-refractivity contribution in [3.05, 3.63) is 309 Å². The monoisotopic (exact) mass is 1230 g/mol. The van der Waals surface area contributed by atoms with Crippen molar-refractivity contribution in [2.75, 3.05) is 0 Å². The molecule has 10 aromatic carbocycles. The van der Waals surface area contributed by atoms with E-state index >= 15 is 0 Å². The maximum Gasteiger partial charge on any atom is 3.00 e. The summed E-state index contributed by atoms with van der Waals surface area (Å²) in [6.07, 6.45) is 5.39. The van der Waals surface area contributed by atoms with Crippen molar-refractivity contribution in [2.24, 2.45) is 0 Å². The Balaban J connectivity index is 0.00000680. The van der Waals surface area contributed by atoms with Gasteiger partial charge in [-0.15, -0.1) is 71.3 Å². The molecule has 0 aliphatic heterocycles. The summed E-state index contributed by atoms with van der Waals surface area (Å²) < 4.78 is 0. The molecule has 6 heteroatoms. The molecule has 0 unspecified atom stereocenters. The summed E-state index contributed by atoms with van der Waals surface area (Å²) in [6, 6.07) is 105. The molecular formula is C77H46IrN5. The summed E-state index contributed by atoms with van der Waals surface area (Å²) in [5.74, 6) is 0. The predicted molar refractivity (Wildman–Crippen MR) is 331 cm³/mol. The van der Waals surface area contributed by atoms with Crippen molar-refractivity contribution >= 4 is 0 Å². The summed E-state index contributed by atoms with van der Waals surface area (Å²) in [5, 5.41) is 21.1. The summed E-state index contributed by atoms with van der Waals surface area (Å²) in [5.41, 5.74) is 23.5. The van der Waals surface area contributed by atoms with Crippen LogP contribution in [0.25, 0.3) is 134 Å². The predicted octanol–water partition coefficient (Wildman–Crippen LogP) is 19.0. The Hall–Kier alpha value is -10.7. The van der Waals surface area contributed by atoms with Crippen molar-refractivity contribution < 1.29 is 20.1 Å². The SMILES string of the molecule is N#Cc1ccccc1-c1cc(-c2ccccn2)[c-]cc1-c1ccccc1-c1cc(-c2ccccc2-c2c[c-]c(-c3ccccn3)cc2-c2ccccc2)cc(-c2ccccc2-c2c[c-]c(-c3ccccn3)cc2-c2ccccc2C#N)c1.[Ir+3]. The Bertz CT molecular complexity index is 4380. The average Bonchev–Trinajstić information content (AvgIpc) is 3.72. The second-order valence-electron chi connectivity index (χ2n) is 19.8. The van der Waals surface area contributed by atoms with Gasteiger partial charge in [0.2, 0.25) is 0 Å². The fraction of sp³-hybridized carbons (Fsp3) is 0. The van der Waals surface area contributed by atoms with Crippen LogP contribution in [-0.4, -0.2) is 15.0 Å². The summed E-state index contributed by atoms with van der Waals surface area (Å²) >= 11 is 0. The van der Waals surface area contributed by atoms with Crippen LogP contribution in [0, 0.1) is 40.9 Å². The fourth-order valence-electron chi connectivity index (χ4n) is 11.1. The van der Waals surface area contributed by atoms with Crippen LogP contribution in [0.1, 0.15) is 11.1 Å². The first kappa shape index (κ1) is 53.0. The van der Waals surface area contributed by atoms with E-state index in [0.717, 1.165) is 134 Å². The van der Waals surface area contributed by atoms with Crippen LogP contribution in [0.3, 0.4) is 0 Å². The third-order valence-corrected chi connectivity index (χ3v) is 15.0. The van der Waals surface area contributed by atoms with Crippen LogP contribution in [-0.2, 0) is 20.1 Å². The molecular weight excluding hydrogens is 1190 g/mol. The van der Waals surface area contributed by atoms with E-state index in [1.807, 2.05) is 128 Å². The van der Waals surface area contributed by atoms with Gasteiger partial charge in [-0.1, -0.05) is 226 Å². The second kappa shape index (κ2) is 23.9. The number of rotatable bonds is 12. The number of benzene rings is 10. The number of hydrogen-bond donors (Lipinski definition) is 0. The van der Waals surface area contributed by atoms with E-state index in [9.17, 15) is 10.5 Å². The van der Waals surface area contributed by atoms with Gasteiger partial charge >= 0.3 is 20.1 Å². The Labute approximate surface area is 497 Å². The van der Waals surface area contributed by atoms with Crippen LogP contribution in [0.5, 0.6) is 0 Å². The summed E-state index contributed by atoms with van der Waals surface area (Å²) in [7, 11) is 0. The number of pyridine rings is 3. The quantitative estimate of drug-likeness (QED) is 0.114. The number of nitrogens with zero attached hydrogens (tertiary/aromatic N) is 5. The molecule has 3 aromatic heterocycles. The minimum atomic E-state index is 0. The number of aromatic nitrogens is 3. The van der Waals surface area contributed by atoms with Gasteiger partial charge in [-0.3, -0.25) is 0 Å². The van der Waals surface area contributed by atoms with Crippen molar-refractivity contribution in [1.82, 2.24) is 15.0 Å². The van der Waals surface area contributed by atoms with Crippen LogP contribution < -0.4 is 0 Å². The maximum absolute atomic E-state index is 10.6. The van der Waals surface area contributed by atoms with Crippen molar-refractivity contribution in [2.45, 2.75) is 0 Å². The van der Waals surface area contributed by atoms with E-state index in [0.29, 0.717) is 11.1 Å². The molecule has 388 valence electrons. The molecule has 0 aliphatic rings. The van der Waals surface area contributed by atoms with Crippen LogP contribution in [0.15, 0.2) is 279 Å². The van der Waals surface area contributed by atoms with Crippen molar-refractivity contribution in [1.29, 1.82) is 10.5 Å². The zero-order chi connectivity index (χ0) is 55.2. The fourth-order valence-corrected chi connectivity index (χ4v) is 11.1. The molecule has 3 heterocycles. The number of hydrogen-bond acceptors (Lipinski definition) is 5. The van der Waals surface area contributed by atoms with Crippen LogP contribution >= 0.6 is 0 Å². The number of nitriles is 2. The van der Waals surface area contributed by atoms with Gasteiger partial charge in [-0.2, -0.15) is 10.5 Å². The first-order valence-electron chi connectivity index (χ1n) is 27.0. The standard InChI is InChI=1S/C77H46N5.Ir/c78-50-56-22-4-6-24-61(56)73-48-54(76-33-15-18-42-81-76)36-39-70(73)67-30-12-9-27-64(67)59-44-58(63-26-8-11-29-66(63)69-38-35-53(75-32-14-17-41-80-75)47-72(69)52-20-2-1-3-21-52)45-60(46-59)65-28-10-13-31-68(65)71-40-37-55(77-34-16-19-43-82-77)49-74(71)62-25-7-5-23-57(62)51-79;/h1-34,38-49H;/q-3;+3. The van der Waals surface area contributed by atoms with Crippen LogP contribution in [0.2, 0.25) is 0 Å². The Morgan fingerprint density at radius 3 is 0.904 bits per heavy atom. The van der Waals surface area contributed by atoms with Gasteiger partial charge in [0, 0.05) is 18.6 Å². The first-order valence-corrected chi connectivity index (χ1v) is 27.0. The summed E-state index contributed by atoms with van der Waals surface area (Å²) in [4.78, 5) is 14.1. The average molecular weight is 1230 g/mol. The molecule has 0 atom stereocenters. The molecule has 0 aliphatic carbocycles. The van der Waals surface area contributed by atoms with Crippen molar-refractivity contribution in [3.8, 4) is 146 Å². The first-order chi connectivity index (χ1) is 40.6. The summed E-state index contributed by atoms with van der Waals surface area (Å²) in [6.45, 7) is 0. The minimum absolute atomic E-state index is 0. The minimum Gasteiger partial charge on any atom is -0.305 e. The van der Waals surface area contributed by atoms with Gasteiger partial charge in [0.15, 0.2) is 0 Å². The Morgan fingerprint density at radius 1 is 0.253 bits per heavy atom. The van der Waals surface area contributed by atoms with Gasteiger partial charge in [0.1, 0.15) is 0 Å². The molecule has 0 amide bonds. The van der Waals surface area contributed by atoms with E-state index in [1.165, 1.54) is 0 Å². The van der Waals surface area contributed by atoms with Gasteiger partial charge in [0.05, 0.1) is 23.3 Å². The zero-order valence-electron chi connectivity index (χ0n) is 44.6. The molecule has 0 N–H and O–H groups in total. The van der Waals surface area contributed by atoms with E-state index in [1.54, 1.807) is 12.4 Å². The maximum atomic E-state index is 10.6. The molecule has 13 aromatic rings. The molecule has 0 spiro atoms. The molecule has 0 radical (unpaired) electrons. The zero-order valence-corrected chi connectivity index (χ0v) is 47.0. The Morgan fingerprint density at radius 2 is 0.554 bits per heavy atom. The van der Waals surface area contributed by atoms with Crippen molar-refractivity contribution in [3.63, 3.8) is 0 Å². The second-order valence-corrected chi connectivity index (χ2v) is 19.8. The molecule has 0 bridgehead atoms. The van der Waals surface area contributed by atoms with Gasteiger partial charge in [-0.25, -0.2) is 0 Å². The topological polar surface area (TPSA) is 86.2 Å². The molecule has 0 saturated carbocycles. The largest absolute Gasteiger partial charge is 3.00 e. The Kier molecular flexibility index (Phi) is 15.3. The molecule has 83 heavy (non-hydrogen) atoms. The van der Waals surface area contributed by atoms with Gasteiger partial charge in [-0.05, 0) is 116 Å². The van der Waals surface area contributed by atoms with Crippen LogP contribution in [0.4, 0.5) is 0 Å². The van der Waals surface area contributed by atoms with Gasteiger partial charge in [0.25, 0.3) is 0 Å².